The van der Waals surface area contributed by atoms with Crippen molar-refractivity contribution >= 4 is 17.4 Å². The van der Waals surface area contributed by atoms with Gasteiger partial charge in [0.2, 0.25) is 0 Å². The highest BCUT2D eigenvalue weighted by molar-refractivity contribution is 6.29. The smallest absolute Gasteiger partial charge is 0.149 e. The zero-order valence-corrected chi connectivity index (χ0v) is 10.1. The Bertz CT molecular complexity index is 342. The number of hydrogen-bond acceptors (Lipinski definition) is 4. The van der Waals surface area contributed by atoms with Crippen LogP contribution in [0.5, 0.6) is 0 Å². The van der Waals surface area contributed by atoms with Gasteiger partial charge in [-0.2, -0.15) is 0 Å². The van der Waals surface area contributed by atoms with Crippen molar-refractivity contribution in [1.29, 1.82) is 0 Å². The van der Waals surface area contributed by atoms with E-state index in [4.69, 9.17) is 16.3 Å². The van der Waals surface area contributed by atoms with E-state index in [1.807, 2.05) is 0 Å². The number of aromatic nitrogens is 2. The standard InChI is InChI=1S/C11H16ClN3O/c1-8(9-2-4-16-5-3-9)14-11-7-13-6-10(12)15-11/h6-9H,2-5H2,1H3,(H,14,15). The second-order valence-corrected chi connectivity index (χ2v) is 4.50. The maximum atomic E-state index is 5.78. The summed E-state index contributed by atoms with van der Waals surface area (Å²) in [5, 5.41) is 3.76. The van der Waals surface area contributed by atoms with Crippen LogP contribution in [0.15, 0.2) is 12.4 Å². The van der Waals surface area contributed by atoms with Crippen molar-refractivity contribution in [3.63, 3.8) is 0 Å². The average molecular weight is 242 g/mol. The van der Waals surface area contributed by atoms with Crippen molar-refractivity contribution < 1.29 is 4.74 Å². The van der Waals surface area contributed by atoms with Crippen molar-refractivity contribution in [1.82, 2.24) is 9.97 Å². The lowest BCUT2D eigenvalue weighted by Gasteiger charge is -2.28. The fourth-order valence-electron chi connectivity index (χ4n) is 1.98. The molecule has 1 aliphatic rings. The summed E-state index contributed by atoms with van der Waals surface area (Å²) in [6, 6.07) is 0.372. The maximum Gasteiger partial charge on any atom is 0.149 e. The van der Waals surface area contributed by atoms with Crippen LogP contribution in [0.1, 0.15) is 19.8 Å². The van der Waals surface area contributed by atoms with Crippen molar-refractivity contribution in [3.05, 3.63) is 17.5 Å². The number of nitrogens with zero attached hydrogens (tertiary/aromatic N) is 2. The molecule has 0 radical (unpaired) electrons. The molecule has 2 heterocycles. The summed E-state index contributed by atoms with van der Waals surface area (Å²) in [4.78, 5) is 8.17. The second kappa shape index (κ2) is 5.46. The zero-order chi connectivity index (χ0) is 11.4. The summed E-state index contributed by atoms with van der Waals surface area (Å²) < 4.78 is 5.34. The normalized spacial score (nSPS) is 19.4. The Balaban J connectivity index is 1.93. The number of halogens is 1. The van der Waals surface area contributed by atoms with Gasteiger partial charge in [0.25, 0.3) is 0 Å². The molecule has 0 bridgehead atoms. The average Bonchev–Trinajstić information content (AvgIpc) is 2.30. The second-order valence-electron chi connectivity index (χ2n) is 4.11. The molecule has 1 aromatic heterocycles. The molecule has 88 valence electrons. The van der Waals surface area contributed by atoms with E-state index < -0.39 is 0 Å². The minimum absolute atomic E-state index is 0.372. The predicted molar refractivity (Wildman–Crippen MR) is 63.7 cm³/mol. The molecule has 16 heavy (non-hydrogen) atoms. The molecule has 2 rings (SSSR count). The molecule has 1 saturated heterocycles. The fourth-order valence-corrected chi connectivity index (χ4v) is 2.13. The molecule has 5 heteroatoms. The molecule has 0 aromatic carbocycles. The van der Waals surface area contributed by atoms with Crippen LogP contribution in [0.25, 0.3) is 0 Å². The number of nitrogens with one attached hydrogen (secondary N) is 1. The molecule has 4 nitrogen and oxygen atoms in total. The molecular formula is C11H16ClN3O. The maximum absolute atomic E-state index is 5.78. The van der Waals surface area contributed by atoms with Crippen LogP contribution in [0, 0.1) is 5.92 Å². The van der Waals surface area contributed by atoms with Crippen molar-refractivity contribution in [2.24, 2.45) is 5.92 Å². The van der Waals surface area contributed by atoms with Crippen molar-refractivity contribution in [2.75, 3.05) is 18.5 Å². The van der Waals surface area contributed by atoms with Crippen LogP contribution in [0.2, 0.25) is 5.15 Å². The Kier molecular flexibility index (Phi) is 3.96. The fraction of sp³-hybridized carbons (Fsp3) is 0.636. The molecule has 1 aliphatic heterocycles. The summed E-state index contributed by atoms with van der Waals surface area (Å²) in [5.41, 5.74) is 0. The first-order chi connectivity index (χ1) is 7.75. The molecule has 0 saturated carbocycles. The van der Waals surface area contributed by atoms with Gasteiger partial charge in [0.15, 0.2) is 0 Å². The topological polar surface area (TPSA) is 47.0 Å². The van der Waals surface area contributed by atoms with Gasteiger partial charge in [-0.25, -0.2) is 4.98 Å². The zero-order valence-electron chi connectivity index (χ0n) is 9.32. The van der Waals surface area contributed by atoms with E-state index in [-0.39, 0.29) is 0 Å². The van der Waals surface area contributed by atoms with Gasteiger partial charge in [0.1, 0.15) is 11.0 Å². The Morgan fingerprint density at radius 3 is 2.88 bits per heavy atom. The lowest BCUT2D eigenvalue weighted by atomic mass is 9.93. The third-order valence-electron chi connectivity index (χ3n) is 2.95. The Labute approximate surface area is 100 Å². The lowest BCUT2D eigenvalue weighted by molar-refractivity contribution is 0.0622. The van der Waals surface area contributed by atoms with Gasteiger partial charge in [-0.1, -0.05) is 11.6 Å². The van der Waals surface area contributed by atoms with Gasteiger partial charge in [0.05, 0.1) is 12.4 Å². The molecule has 0 spiro atoms. The summed E-state index contributed by atoms with van der Waals surface area (Å²) in [6.07, 6.45) is 5.43. The van der Waals surface area contributed by atoms with Crippen LogP contribution < -0.4 is 5.32 Å². The molecule has 1 fully saturated rings. The van der Waals surface area contributed by atoms with Gasteiger partial charge in [-0.05, 0) is 25.7 Å². The van der Waals surface area contributed by atoms with E-state index in [9.17, 15) is 0 Å². The van der Waals surface area contributed by atoms with E-state index in [2.05, 4.69) is 22.2 Å². The molecule has 1 aromatic rings. The van der Waals surface area contributed by atoms with E-state index in [1.54, 1.807) is 6.20 Å². The summed E-state index contributed by atoms with van der Waals surface area (Å²) in [7, 11) is 0. The summed E-state index contributed by atoms with van der Waals surface area (Å²) in [5.74, 6) is 1.38. The number of rotatable bonds is 3. The largest absolute Gasteiger partial charge is 0.381 e. The van der Waals surface area contributed by atoms with Gasteiger partial charge in [-0.15, -0.1) is 0 Å². The minimum atomic E-state index is 0.372. The molecule has 0 amide bonds. The highest BCUT2D eigenvalue weighted by atomic mass is 35.5. The van der Waals surface area contributed by atoms with Crippen molar-refractivity contribution in [3.8, 4) is 0 Å². The summed E-state index contributed by atoms with van der Waals surface area (Å²) in [6.45, 7) is 3.88. The Morgan fingerprint density at radius 1 is 1.44 bits per heavy atom. The molecule has 0 aliphatic carbocycles. The first kappa shape index (κ1) is 11.6. The molecule has 1 atom stereocenters. The third-order valence-corrected chi connectivity index (χ3v) is 3.14. The number of hydrogen-bond donors (Lipinski definition) is 1. The first-order valence-electron chi connectivity index (χ1n) is 5.57. The molecule has 1 unspecified atom stereocenters. The van der Waals surface area contributed by atoms with Crippen LogP contribution >= 0.6 is 11.6 Å². The van der Waals surface area contributed by atoms with Crippen LogP contribution in [0.3, 0.4) is 0 Å². The Morgan fingerprint density at radius 2 is 2.19 bits per heavy atom. The molecular weight excluding hydrogens is 226 g/mol. The van der Waals surface area contributed by atoms with E-state index >= 15 is 0 Å². The first-order valence-corrected chi connectivity index (χ1v) is 5.95. The van der Waals surface area contributed by atoms with Gasteiger partial charge < -0.3 is 10.1 Å². The van der Waals surface area contributed by atoms with Gasteiger partial charge >= 0.3 is 0 Å². The molecule has 1 N–H and O–H groups in total. The van der Waals surface area contributed by atoms with Crippen molar-refractivity contribution in [2.45, 2.75) is 25.8 Å². The van der Waals surface area contributed by atoms with E-state index in [1.165, 1.54) is 6.20 Å². The Hall–Kier alpha value is -0.870. The number of ether oxygens (including phenoxy) is 1. The SMILES string of the molecule is CC(Nc1cncc(Cl)n1)C1CCOCC1. The predicted octanol–water partition coefficient (Wildman–Crippen LogP) is 2.36. The van der Waals surface area contributed by atoms with E-state index in [0.29, 0.717) is 17.1 Å². The summed E-state index contributed by atoms with van der Waals surface area (Å²) >= 11 is 5.78. The highest BCUT2D eigenvalue weighted by Gasteiger charge is 2.20. The van der Waals surface area contributed by atoms with Crippen LogP contribution in [-0.2, 0) is 4.74 Å². The quantitative estimate of drug-likeness (QED) is 0.883. The van der Waals surface area contributed by atoms with Gasteiger partial charge in [0, 0.05) is 19.3 Å². The van der Waals surface area contributed by atoms with Crippen LogP contribution in [-0.4, -0.2) is 29.2 Å². The van der Waals surface area contributed by atoms with Gasteiger partial charge in [-0.3, -0.25) is 4.98 Å². The van der Waals surface area contributed by atoms with Crippen LogP contribution in [0.4, 0.5) is 5.82 Å². The highest BCUT2D eigenvalue weighted by Crippen LogP contribution is 2.21. The third kappa shape index (κ3) is 3.06. The van der Waals surface area contributed by atoms with E-state index in [0.717, 1.165) is 31.9 Å². The number of anilines is 1. The lowest BCUT2D eigenvalue weighted by Crippen LogP contribution is -2.31. The monoisotopic (exact) mass is 241 g/mol. The minimum Gasteiger partial charge on any atom is -0.381 e.